The summed E-state index contributed by atoms with van der Waals surface area (Å²) in [6, 6.07) is 13.2. The van der Waals surface area contributed by atoms with E-state index in [1.807, 2.05) is 35.2 Å². The molecule has 2 amide bonds. The number of rotatable bonds is 6. The quantitative estimate of drug-likeness (QED) is 0.511. The van der Waals surface area contributed by atoms with Crippen LogP contribution >= 0.6 is 11.8 Å². The van der Waals surface area contributed by atoms with Gasteiger partial charge in [0.1, 0.15) is 5.75 Å². The molecule has 2 heterocycles. The Bertz CT molecular complexity index is 1150. The van der Waals surface area contributed by atoms with Gasteiger partial charge >= 0.3 is 6.61 Å². The van der Waals surface area contributed by atoms with Crippen molar-refractivity contribution in [3.8, 4) is 11.4 Å². The van der Waals surface area contributed by atoms with E-state index in [9.17, 15) is 18.4 Å². The average molecular weight is 473 g/mol. The number of carbonyl (C=O) groups is 2. The van der Waals surface area contributed by atoms with E-state index in [4.69, 9.17) is 0 Å². The summed E-state index contributed by atoms with van der Waals surface area (Å²) in [4.78, 5) is 33.5. The number of thioether (sulfide) groups is 1. The van der Waals surface area contributed by atoms with Gasteiger partial charge in [-0.2, -0.15) is 8.78 Å². The van der Waals surface area contributed by atoms with Crippen LogP contribution in [0.15, 0.2) is 66.1 Å². The minimum Gasteiger partial charge on any atom is -0.434 e. The molecular formula is C23H22F2N4O3S. The average Bonchev–Trinajstić information content (AvgIpc) is 3.32. The Hall–Kier alpha value is -3.40. The van der Waals surface area contributed by atoms with Crippen molar-refractivity contribution in [2.45, 2.75) is 11.8 Å². The molecule has 0 spiro atoms. The molecule has 10 heteroatoms. The van der Waals surface area contributed by atoms with Crippen LogP contribution in [0.3, 0.4) is 0 Å². The molecule has 1 aliphatic rings. The molecule has 2 aromatic carbocycles. The number of halogens is 2. The SMILES string of the molecule is CSc1nccn1-c1cccc(C(=O)N2CCN(C(=O)c3ccccc3OC(F)F)CC2)c1. The molecule has 7 nitrogen and oxygen atoms in total. The third-order valence-corrected chi connectivity index (χ3v) is 6.02. The Labute approximate surface area is 194 Å². The van der Waals surface area contributed by atoms with Crippen molar-refractivity contribution in [2.24, 2.45) is 0 Å². The highest BCUT2D eigenvalue weighted by molar-refractivity contribution is 7.98. The van der Waals surface area contributed by atoms with E-state index in [2.05, 4.69) is 9.72 Å². The summed E-state index contributed by atoms with van der Waals surface area (Å²) in [5.74, 6) is -0.682. The summed E-state index contributed by atoms with van der Waals surface area (Å²) < 4.78 is 31.7. The summed E-state index contributed by atoms with van der Waals surface area (Å²) in [7, 11) is 0. The maximum Gasteiger partial charge on any atom is 0.387 e. The standard InChI is InChI=1S/C23H22F2N4O3S/c1-33-23-26-9-10-29(23)17-6-4-5-16(15-17)20(30)27-11-13-28(14-12-27)21(31)18-7-2-3-8-19(18)32-22(24)25/h2-10,15,22H,11-14H2,1H3. The zero-order valence-electron chi connectivity index (χ0n) is 17.9. The Balaban J connectivity index is 1.43. The number of nitrogens with zero attached hydrogens (tertiary/aromatic N) is 4. The molecular weight excluding hydrogens is 450 g/mol. The molecule has 0 N–H and O–H groups in total. The maximum atomic E-state index is 13.1. The van der Waals surface area contributed by atoms with E-state index in [0.717, 1.165) is 10.8 Å². The van der Waals surface area contributed by atoms with Gasteiger partial charge < -0.3 is 14.5 Å². The van der Waals surface area contributed by atoms with Crippen LogP contribution < -0.4 is 4.74 Å². The third kappa shape index (κ3) is 5.00. The number of carbonyl (C=O) groups excluding carboxylic acids is 2. The minimum absolute atomic E-state index is 0.0789. The molecule has 1 aromatic heterocycles. The first-order valence-electron chi connectivity index (χ1n) is 10.3. The number of para-hydroxylation sites is 1. The molecule has 3 aromatic rings. The normalized spacial score (nSPS) is 13.9. The van der Waals surface area contributed by atoms with Gasteiger partial charge in [0.05, 0.1) is 5.56 Å². The van der Waals surface area contributed by atoms with Crippen molar-refractivity contribution in [1.82, 2.24) is 19.4 Å². The molecule has 0 atom stereocenters. The molecule has 4 rings (SSSR count). The number of alkyl halides is 2. The number of aromatic nitrogens is 2. The van der Waals surface area contributed by atoms with Crippen LogP contribution in [0.4, 0.5) is 8.78 Å². The van der Waals surface area contributed by atoms with Crippen molar-refractivity contribution in [3.05, 3.63) is 72.1 Å². The third-order valence-electron chi connectivity index (χ3n) is 5.35. The van der Waals surface area contributed by atoms with Crippen LogP contribution in [0.5, 0.6) is 5.75 Å². The smallest absolute Gasteiger partial charge is 0.387 e. The van der Waals surface area contributed by atoms with Crippen LogP contribution in [0.2, 0.25) is 0 Å². The van der Waals surface area contributed by atoms with E-state index in [0.29, 0.717) is 31.7 Å². The fraction of sp³-hybridized carbons (Fsp3) is 0.261. The van der Waals surface area contributed by atoms with Gasteiger partial charge in [0.2, 0.25) is 0 Å². The number of hydrogen-bond donors (Lipinski definition) is 0. The van der Waals surface area contributed by atoms with Crippen molar-refractivity contribution in [2.75, 3.05) is 32.4 Å². The number of imidazole rings is 1. The van der Waals surface area contributed by atoms with E-state index in [1.54, 1.807) is 28.1 Å². The first-order valence-corrected chi connectivity index (χ1v) is 11.5. The molecule has 1 fully saturated rings. The zero-order valence-corrected chi connectivity index (χ0v) is 18.7. The van der Waals surface area contributed by atoms with Crippen LogP contribution in [-0.2, 0) is 0 Å². The Kier molecular flexibility index (Phi) is 6.93. The number of hydrogen-bond acceptors (Lipinski definition) is 5. The predicted octanol–water partition coefficient (Wildman–Crippen LogP) is 3.79. The van der Waals surface area contributed by atoms with Crippen LogP contribution in [0, 0.1) is 0 Å². The first kappa shape index (κ1) is 22.8. The molecule has 1 saturated heterocycles. The number of amides is 2. The summed E-state index contributed by atoms with van der Waals surface area (Å²) >= 11 is 1.51. The second-order valence-electron chi connectivity index (χ2n) is 7.29. The zero-order chi connectivity index (χ0) is 23.4. The molecule has 1 aliphatic heterocycles. The van der Waals surface area contributed by atoms with E-state index < -0.39 is 12.5 Å². The van der Waals surface area contributed by atoms with Crippen molar-refractivity contribution in [3.63, 3.8) is 0 Å². The Morgan fingerprint density at radius 2 is 1.70 bits per heavy atom. The second-order valence-corrected chi connectivity index (χ2v) is 8.07. The van der Waals surface area contributed by atoms with Gasteiger partial charge in [0.15, 0.2) is 5.16 Å². The van der Waals surface area contributed by atoms with Gasteiger partial charge in [-0.05, 0) is 36.6 Å². The first-order chi connectivity index (χ1) is 16.0. The monoisotopic (exact) mass is 472 g/mol. The highest BCUT2D eigenvalue weighted by atomic mass is 32.2. The van der Waals surface area contributed by atoms with E-state index in [-0.39, 0.29) is 17.2 Å². The number of piperazine rings is 1. The molecule has 0 aliphatic carbocycles. The Morgan fingerprint density at radius 1 is 1.00 bits per heavy atom. The van der Waals surface area contributed by atoms with Crippen molar-refractivity contribution < 1.29 is 23.1 Å². The van der Waals surface area contributed by atoms with Crippen LogP contribution in [0.1, 0.15) is 20.7 Å². The van der Waals surface area contributed by atoms with Crippen LogP contribution in [0.25, 0.3) is 5.69 Å². The molecule has 33 heavy (non-hydrogen) atoms. The molecule has 0 saturated carbocycles. The lowest BCUT2D eigenvalue weighted by Crippen LogP contribution is -2.50. The predicted molar refractivity (Wildman–Crippen MR) is 120 cm³/mol. The summed E-state index contributed by atoms with van der Waals surface area (Å²) in [6.07, 6.45) is 5.49. The van der Waals surface area contributed by atoms with Gasteiger partial charge in [-0.1, -0.05) is 30.0 Å². The maximum absolute atomic E-state index is 13.1. The van der Waals surface area contributed by atoms with Crippen molar-refractivity contribution >= 4 is 23.6 Å². The number of benzene rings is 2. The highest BCUT2D eigenvalue weighted by Gasteiger charge is 2.27. The van der Waals surface area contributed by atoms with Crippen LogP contribution in [-0.4, -0.2) is 70.2 Å². The summed E-state index contributed by atoms with van der Waals surface area (Å²) in [6.45, 7) is -1.74. The molecule has 0 bridgehead atoms. The second kappa shape index (κ2) is 10.0. The lowest BCUT2D eigenvalue weighted by Gasteiger charge is -2.35. The van der Waals surface area contributed by atoms with E-state index in [1.165, 1.54) is 30.0 Å². The summed E-state index contributed by atoms with van der Waals surface area (Å²) in [5.41, 5.74) is 1.46. The lowest BCUT2D eigenvalue weighted by molar-refractivity contribution is -0.0503. The summed E-state index contributed by atoms with van der Waals surface area (Å²) in [5, 5.41) is 0.822. The number of ether oxygens (including phenoxy) is 1. The molecule has 0 unspecified atom stereocenters. The van der Waals surface area contributed by atoms with E-state index >= 15 is 0 Å². The van der Waals surface area contributed by atoms with Gasteiger partial charge in [-0.25, -0.2) is 4.98 Å². The lowest BCUT2D eigenvalue weighted by atomic mass is 10.1. The van der Waals surface area contributed by atoms with Gasteiger partial charge in [-0.3, -0.25) is 14.2 Å². The largest absolute Gasteiger partial charge is 0.434 e. The Morgan fingerprint density at radius 3 is 2.39 bits per heavy atom. The fourth-order valence-corrected chi connectivity index (χ4v) is 4.26. The van der Waals surface area contributed by atoms with Gasteiger partial charge in [0.25, 0.3) is 11.8 Å². The fourth-order valence-electron chi connectivity index (χ4n) is 3.73. The van der Waals surface area contributed by atoms with Gasteiger partial charge in [-0.15, -0.1) is 0 Å². The van der Waals surface area contributed by atoms with Gasteiger partial charge in [0, 0.05) is 49.8 Å². The molecule has 172 valence electrons. The minimum atomic E-state index is -3.02. The van der Waals surface area contributed by atoms with Crippen molar-refractivity contribution in [1.29, 1.82) is 0 Å². The highest BCUT2D eigenvalue weighted by Crippen LogP contribution is 2.23. The topological polar surface area (TPSA) is 67.7 Å². The molecule has 0 radical (unpaired) electrons.